The van der Waals surface area contributed by atoms with Crippen molar-refractivity contribution < 1.29 is 4.79 Å². The third kappa shape index (κ3) is 6.64. The summed E-state index contributed by atoms with van der Waals surface area (Å²) in [5.74, 6) is 0.437. The molecule has 1 amide bonds. The van der Waals surface area contributed by atoms with Gasteiger partial charge in [0.2, 0.25) is 5.91 Å². The molecule has 0 atom stereocenters. The number of carbonyl (C=O) groups is 1. The fourth-order valence-electron chi connectivity index (χ4n) is 3.41. The van der Waals surface area contributed by atoms with Crippen LogP contribution < -0.4 is 5.32 Å². The van der Waals surface area contributed by atoms with Gasteiger partial charge in [-0.25, -0.2) is 0 Å². The average molecular weight is 353 g/mol. The van der Waals surface area contributed by atoms with E-state index in [-0.39, 0.29) is 5.91 Å². The van der Waals surface area contributed by atoms with Crippen molar-refractivity contribution >= 4 is 5.91 Å². The highest BCUT2D eigenvalue weighted by molar-refractivity contribution is 5.78. The first-order chi connectivity index (χ1) is 12.7. The van der Waals surface area contributed by atoms with Crippen molar-refractivity contribution in [2.45, 2.75) is 39.0 Å². The quantitative estimate of drug-likeness (QED) is 0.648. The van der Waals surface area contributed by atoms with Gasteiger partial charge in [-0.2, -0.15) is 0 Å². The van der Waals surface area contributed by atoms with Crippen LogP contribution in [0, 0.1) is 0 Å². The molecule has 0 spiro atoms. The Morgan fingerprint density at radius 3 is 1.85 bits per heavy atom. The molecule has 3 heteroatoms. The second-order valence-corrected chi connectivity index (χ2v) is 6.79. The van der Waals surface area contributed by atoms with E-state index in [9.17, 15) is 4.79 Å². The summed E-state index contributed by atoms with van der Waals surface area (Å²) in [6.45, 7) is 7.48. The zero-order valence-corrected chi connectivity index (χ0v) is 16.2. The van der Waals surface area contributed by atoms with Crippen LogP contribution >= 0.6 is 0 Å². The Hall–Kier alpha value is -2.13. The lowest BCUT2D eigenvalue weighted by Crippen LogP contribution is -2.38. The fraction of sp³-hybridized carbons (Fsp3) is 0.435. The van der Waals surface area contributed by atoms with Crippen LogP contribution in [-0.4, -0.2) is 37.0 Å². The first kappa shape index (κ1) is 20.2. The number of carbonyl (C=O) groups excluding carboxylic acids is 1. The summed E-state index contributed by atoms with van der Waals surface area (Å²) < 4.78 is 0. The number of benzene rings is 2. The molecule has 2 aromatic rings. The van der Waals surface area contributed by atoms with Gasteiger partial charge in [0, 0.05) is 12.5 Å². The lowest BCUT2D eigenvalue weighted by molar-refractivity contribution is -0.122. The normalized spacial score (nSPS) is 11.1. The van der Waals surface area contributed by atoms with Gasteiger partial charge in [-0.1, -0.05) is 74.5 Å². The smallest absolute Gasteiger partial charge is 0.234 e. The highest BCUT2D eigenvalue weighted by Gasteiger charge is 2.15. The molecule has 0 radical (unpaired) electrons. The number of rotatable bonds is 11. The van der Waals surface area contributed by atoms with Crippen molar-refractivity contribution in [3.63, 3.8) is 0 Å². The molecule has 0 bridgehead atoms. The SMILES string of the molecule is CCCN(CCC)CC(=O)NCCC(c1ccccc1)c1ccccc1. The lowest BCUT2D eigenvalue weighted by Gasteiger charge is -2.21. The molecular formula is C23H32N2O. The summed E-state index contributed by atoms with van der Waals surface area (Å²) in [5.41, 5.74) is 2.60. The molecule has 2 rings (SSSR count). The zero-order chi connectivity index (χ0) is 18.6. The van der Waals surface area contributed by atoms with E-state index in [0.717, 1.165) is 32.4 Å². The van der Waals surface area contributed by atoms with Crippen molar-refractivity contribution in [1.29, 1.82) is 0 Å². The number of amides is 1. The molecule has 0 aliphatic rings. The molecule has 0 aromatic heterocycles. The predicted octanol–water partition coefficient (Wildman–Crippen LogP) is 4.45. The second kappa shape index (κ2) is 11.5. The van der Waals surface area contributed by atoms with Crippen molar-refractivity contribution in [2.75, 3.05) is 26.2 Å². The molecule has 0 fully saturated rings. The first-order valence-corrected chi connectivity index (χ1v) is 9.83. The molecule has 0 unspecified atom stereocenters. The minimum atomic E-state index is 0.131. The summed E-state index contributed by atoms with van der Waals surface area (Å²) >= 11 is 0. The van der Waals surface area contributed by atoms with E-state index >= 15 is 0 Å². The minimum Gasteiger partial charge on any atom is -0.355 e. The topological polar surface area (TPSA) is 32.3 Å². The molecule has 3 nitrogen and oxygen atoms in total. The number of hydrogen-bond donors (Lipinski definition) is 1. The van der Waals surface area contributed by atoms with Gasteiger partial charge in [-0.05, 0) is 43.5 Å². The monoisotopic (exact) mass is 352 g/mol. The van der Waals surface area contributed by atoms with Crippen LogP contribution in [0.25, 0.3) is 0 Å². The van der Waals surface area contributed by atoms with Crippen molar-refractivity contribution in [2.24, 2.45) is 0 Å². The highest BCUT2D eigenvalue weighted by atomic mass is 16.2. The van der Waals surface area contributed by atoms with Crippen molar-refractivity contribution in [3.05, 3.63) is 71.8 Å². The standard InChI is InChI=1S/C23H32N2O/c1-3-17-25(18-4-2)19-23(26)24-16-15-22(20-11-7-5-8-12-20)21-13-9-6-10-14-21/h5-14,22H,3-4,15-19H2,1-2H3,(H,24,26). The first-order valence-electron chi connectivity index (χ1n) is 9.83. The van der Waals surface area contributed by atoms with Gasteiger partial charge in [-0.3, -0.25) is 9.69 Å². The predicted molar refractivity (Wildman–Crippen MR) is 109 cm³/mol. The van der Waals surface area contributed by atoms with E-state index < -0.39 is 0 Å². The molecule has 0 aliphatic heterocycles. The van der Waals surface area contributed by atoms with E-state index in [2.05, 4.69) is 72.6 Å². The molecule has 0 saturated carbocycles. The van der Waals surface area contributed by atoms with Gasteiger partial charge in [0.25, 0.3) is 0 Å². The van der Waals surface area contributed by atoms with Crippen LogP contribution in [-0.2, 0) is 4.79 Å². The van der Waals surface area contributed by atoms with Crippen LogP contribution in [0.4, 0.5) is 0 Å². The molecule has 0 saturated heterocycles. The lowest BCUT2D eigenvalue weighted by atomic mass is 9.88. The zero-order valence-electron chi connectivity index (χ0n) is 16.2. The Balaban J connectivity index is 1.92. The summed E-state index contributed by atoms with van der Waals surface area (Å²) in [7, 11) is 0. The van der Waals surface area contributed by atoms with Gasteiger partial charge >= 0.3 is 0 Å². The summed E-state index contributed by atoms with van der Waals surface area (Å²) in [5, 5.41) is 3.12. The van der Waals surface area contributed by atoms with Gasteiger partial charge in [0.15, 0.2) is 0 Å². The Morgan fingerprint density at radius 1 is 0.885 bits per heavy atom. The number of nitrogens with zero attached hydrogens (tertiary/aromatic N) is 1. The third-order valence-corrected chi connectivity index (χ3v) is 4.61. The van der Waals surface area contributed by atoms with Crippen LogP contribution in [0.15, 0.2) is 60.7 Å². The summed E-state index contributed by atoms with van der Waals surface area (Å²) in [6.07, 6.45) is 3.07. The van der Waals surface area contributed by atoms with Gasteiger partial charge in [0.1, 0.15) is 0 Å². The summed E-state index contributed by atoms with van der Waals surface area (Å²) in [6, 6.07) is 21.1. The minimum absolute atomic E-state index is 0.131. The average Bonchev–Trinajstić information content (AvgIpc) is 2.67. The van der Waals surface area contributed by atoms with Gasteiger partial charge < -0.3 is 5.32 Å². The Morgan fingerprint density at radius 2 is 1.38 bits per heavy atom. The highest BCUT2D eigenvalue weighted by Crippen LogP contribution is 2.27. The molecule has 0 aliphatic carbocycles. The van der Waals surface area contributed by atoms with E-state index in [4.69, 9.17) is 0 Å². The molecule has 0 heterocycles. The fourth-order valence-corrected chi connectivity index (χ4v) is 3.41. The Kier molecular flexibility index (Phi) is 8.91. The molecule has 1 N–H and O–H groups in total. The Labute approximate surface area is 158 Å². The van der Waals surface area contributed by atoms with E-state index in [1.165, 1.54) is 11.1 Å². The van der Waals surface area contributed by atoms with Gasteiger partial charge in [0.05, 0.1) is 6.54 Å². The van der Waals surface area contributed by atoms with Crippen LogP contribution in [0.5, 0.6) is 0 Å². The van der Waals surface area contributed by atoms with E-state index in [1.807, 2.05) is 12.1 Å². The summed E-state index contributed by atoms with van der Waals surface area (Å²) in [4.78, 5) is 14.5. The maximum absolute atomic E-state index is 12.3. The molecular weight excluding hydrogens is 320 g/mol. The Bertz CT molecular complexity index is 582. The van der Waals surface area contributed by atoms with Crippen molar-refractivity contribution in [1.82, 2.24) is 10.2 Å². The number of hydrogen-bond acceptors (Lipinski definition) is 2. The third-order valence-electron chi connectivity index (χ3n) is 4.61. The van der Waals surface area contributed by atoms with Gasteiger partial charge in [-0.15, -0.1) is 0 Å². The molecule has 26 heavy (non-hydrogen) atoms. The van der Waals surface area contributed by atoms with Crippen LogP contribution in [0.1, 0.15) is 50.2 Å². The number of nitrogens with one attached hydrogen (secondary N) is 1. The van der Waals surface area contributed by atoms with Crippen molar-refractivity contribution in [3.8, 4) is 0 Å². The molecule has 140 valence electrons. The van der Waals surface area contributed by atoms with E-state index in [0.29, 0.717) is 19.0 Å². The molecule has 2 aromatic carbocycles. The van der Waals surface area contributed by atoms with E-state index in [1.54, 1.807) is 0 Å². The second-order valence-electron chi connectivity index (χ2n) is 6.79. The maximum atomic E-state index is 12.3. The maximum Gasteiger partial charge on any atom is 0.234 e. The van der Waals surface area contributed by atoms with Crippen LogP contribution in [0.2, 0.25) is 0 Å². The largest absolute Gasteiger partial charge is 0.355 e. The van der Waals surface area contributed by atoms with Crippen LogP contribution in [0.3, 0.4) is 0 Å².